The number of furan rings is 1. The minimum absolute atomic E-state index is 0.0999. The van der Waals surface area contributed by atoms with Gasteiger partial charge in [-0.1, -0.05) is 24.8 Å². The fourth-order valence-electron chi connectivity index (χ4n) is 1.72. The lowest BCUT2D eigenvalue weighted by atomic mass is 10.2. The highest BCUT2D eigenvalue weighted by Gasteiger charge is 2.18. The molecule has 0 atom stereocenters. The predicted octanol–water partition coefficient (Wildman–Crippen LogP) is 2.91. The molecule has 0 fully saturated rings. The largest absolute Gasteiger partial charge is 0.433 e. The summed E-state index contributed by atoms with van der Waals surface area (Å²) in [5.41, 5.74) is 0.663. The quantitative estimate of drug-likeness (QED) is 0.476. The van der Waals surface area contributed by atoms with Crippen molar-refractivity contribution in [3.63, 3.8) is 0 Å². The van der Waals surface area contributed by atoms with E-state index in [-0.39, 0.29) is 18.3 Å². The Bertz CT molecular complexity index is 634. The SMILES string of the molecule is C=CC(=O)N(Cc1ccc([N+](=O)[O-])o1)c1ccccc1. The lowest BCUT2D eigenvalue weighted by Crippen LogP contribution is -2.28. The van der Waals surface area contributed by atoms with Gasteiger partial charge in [0.1, 0.15) is 10.7 Å². The lowest BCUT2D eigenvalue weighted by molar-refractivity contribution is -0.402. The molecule has 0 saturated heterocycles. The van der Waals surface area contributed by atoms with Gasteiger partial charge >= 0.3 is 5.88 Å². The number of carbonyl (C=O) groups is 1. The summed E-state index contributed by atoms with van der Waals surface area (Å²) in [6.07, 6.45) is 1.18. The molecule has 0 aliphatic heterocycles. The molecule has 0 aliphatic rings. The number of hydrogen-bond acceptors (Lipinski definition) is 4. The van der Waals surface area contributed by atoms with E-state index < -0.39 is 4.92 Å². The molecule has 0 spiro atoms. The van der Waals surface area contributed by atoms with Crippen molar-refractivity contribution in [3.8, 4) is 0 Å². The number of carbonyl (C=O) groups excluding carboxylic acids is 1. The Morgan fingerprint density at radius 3 is 2.55 bits per heavy atom. The van der Waals surface area contributed by atoms with E-state index in [4.69, 9.17) is 4.42 Å². The maximum atomic E-state index is 11.9. The molecule has 1 aromatic heterocycles. The van der Waals surface area contributed by atoms with Gasteiger partial charge in [-0.3, -0.25) is 14.9 Å². The molecule has 1 heterocycles. The molecule has 0 N–H and O–H groups in total. The summed E-state index contributed by atoms with van der Waals surface area (Å²) < 4.78 is 5.06. The molecular formula is C14H12N2O4. The van der Waals surface area contributed by atoms with Crippen LogP contribution in [0.2, 0.25) is 0 Å². The molecule has 2 aromatic rings. The third kappa shape index (κ3) is 2.92. The molecule has 1 amide bonds. The molecular weight excluding hydrogens is 260 g/mol. The minimum atomic E-state index is -0.619. The van der Waals surface area contributed by atoms with E-state index in [1.807, 2.05) is 6.07 Å². The van der Waals surface area contributed by atoms with Crippen LogP contribution in [0.25, 0.3) is 0 Å². The number of rotatable bonds is 5. The van der Waals surface area contributed by atoms with Crippen LogP contribution in [0, 0.1) is 10.1 Å². The third-order valence-electron chi connectivity index (χ3n) is 2.65. The Kier molecular flexibility index (Phi) is 3.95. The molecule has 1 aromatic carbocycles. The van der Waals surface area contributed by atoms with E-state index in [1.54, 1.807) is 24.3 Å². The standard InChI is InChI=1S/C14H12N2O4/c1-2-13(17)15(11-6-4-3-5-7-11)10-12-8-9-14(20-12)16(18)19/h2-9H,1,10H2. The molecule has 0 unspecified atom stereocenters. The first kappa shape index (κ1) is 13.5. The Morgan fingerprint density at radius 2 is 2.00 bits per heavy atom. The third-order valence-corrected chi connectivity index (χ3v) is 2.65. The molecule has 6 nitrogen and oxygen atoms in total. The summed E-state index contributed by atoms with van der Waals surface area (Å²) in [5.74, 6) is -0.329. The van der Waals surface area contributed by atoms with Crippen LogP contribution in [0.3, 0.4) is 0 Å². The van der Waals surface area contributed by atoms with Crippen molar-refractivity contribution in [1.82, 2.24) is 0 Å². The first-order chi connectivity index (χ1) is 9.61. The molecule has 0 saturated carbocycles. The highest BCUT2D eigenvalue weighted by molar-refractivity contribution is 6.00. The summed E-state index contributed by atoms with van der Waals surface area (Å²) in [4.78, 5) is 23.3. The number of para-hydroxylation sites is 1. The van der Waals surface area contributed by atoms with Crippen LogP contribution < -0.4 is 4.90 Å². The number of hydrogen-bond donors (Lipinski definition) is 0. The maximum absolute atomic E-state index is 11.9. The van der Waals surface area contributed by atoms with Gasteiger partial charge < -0.3 is 9.32 Å². The predicted molar refractivity (Wildman–Crippen MR) is 73.2 cm³/mol. The normalized spacial score (nSPS) is 10.0. The molecule has 20 heavy (non-hydrogen) atoms. The molecule has 2 rings (SSSR count). The van der Waals surface area contributed by atoms with Crippen LogP contribution in [0.4, 0.5) is 11.6 Å². The highest BCUT2D eigenvalue weighted by Crippen LogP contribution is 2.21. The zero-order valence-corrected chi connectivity index (χ0v) is 10.6. The number of nitro groups is 1. The van der Waals surface area contributed by atoms with Gasteiger partial charge in [-0.05, 0) is 24.3 Å². The first-order valence-corrected chi connectivity index (χ1v) is 5.84. The fraction of sp³-hybridized carbons (Fsp3) is 0.0714. The van der Waals surface area contributed by atoms with Crippen LogP contribution >= 0.6 is 0 Å². The zero-order valence-electron chi connectivity index (χ0n) is 10.6. The van der Waals surface area contributed by atoms with Crippen molar-refractivity contribution in [2.75, 3.05) is 4.90 Å². The van der Waals surface area contributed by atoms with Crippen LogP contribution in [0.1, 0.15) is 5.76 Å². The molecule has 6 heteroatoms. The zero-order chi connectivity index (χ0) is 14.5. The summed E-state index contributed by atoms with van der Waals surface area (Å²) in [6.45, 7) is 3.55. The number of amides is 1. The van der Waals surface area contributed by atoms with Crippen LogP contribution in [-0.2, 0) is 11.3 Å². The van der Waals surface area contributed by atoms with E-state index in [0.717, 1.165) is 0 Å². The van der Waals surface area contributed by atoms with Gasteiger partial charge in [0.05, 0.1) is 12.6 Å². The van der Waals surface area contributed by atoms with E-state index in [2.05, 4.69) is 6.58 Å². The molecule has 0 aliphatic carbocycles. The van der Waals surface area contributed by atoms with Crippen molar-refractivity contribution in [2.24, 2.45) is 0 Å². The van der Waals surface area contributed by atoms with Gasteiger partial charge in [0, 0.05) is 5.69 Å². The van der Waals surface area contributed by atoms with Crippen molar-refractivity contribution >= 4 is 17.5 Å². The Balaban J connectivity index is 2.26. The van der Waals surface area contributed by atoms with E-state index in [0.29, 0.717) is 11.4 Å². The second kappa shape index (κ2) is 5.83. The fourth-order valence-corrected chi connectivity index (χ4v) is 1.72. The average Bonchev–Trinajstić information content (AvgIpc) is 2.94. The minimum Gasteiger partial charge on any atom is -0.404 e. The summed E-state index contributed by atoms with van der Waals surface area (Å²) in [5, 5.41) is 10.6. The van der Waals surface area contributed by atoms with Gasteiger partial charge in [0.25, 0.3) is 5.91 Å². The van der Waals surface area contributed by atoms with Crippen molar-refractivity contribution in [2.45, 2.75) is 6.54 Å². The van der Waals surface area contributed by atoms with Gasteiger partial charge in [-0.15, -0.1) is 0 Å². The van der Waals surface area contributed by atoms with Gasteiger partial charge in [0.2, 0.25) is 0 Å². The second-order valence-electron chi connectivity index (χ2n) is 3.96. The van der Waals surface area contributed by atoms with Crippen molar-refractivity contribution in [1.29, 1.82) is 0 Å². The van der Waals surface area contributed by atoms with Gasteiger partial charge in [-0.2, -0.15) is 0 Å². The van der Waals surface area contributed by atoms with Crippen molar-refractivity contribution in [3.05, 3.63) is 71.0 Å². The van der Waals surface area contributed by atoms with Crippen LogP contribution in [0.5, 0.6) is 0 Å². The molecule has 0 bridgehead atoms. The van der Waals surface area contributed by atoms with Gasteiger partial charge in [0.15, 0.2) is 0 Å². The summed E-state index contributed by atoms with van der Waals surface area (Å²) >= 11 is 0. The Hall–Kier alpha value is -2.89. The van der Waals surface area contributed by atoms with E-state index in [1.165, 1.54) is 23.1 Å². The molecule has 102 valence electrons. The Morgan fingerprint density at radius 1 is 1.30 bits per heavy atom. The Labute approximate surface area is 115 Å². The number of benzene rings is 1. The monoisotopic (exact) mass is 272 g/mol. The van der Waals surface area contributed by atoms with Gasteiger partial charge in [-0.25, -0.2) is 0 Å². The second-order valence-corrected chi connectivity index (χ2v) is 3.96. The summed E-state index contributed by atoms with van der Waals surface area (Å²) in [6, 6.07) is 11.7. The lowest BCUT2D eigenvalue weighted by Gasteiger charge is -2.19. The topological polar surface area (TPSA) is 76.6 Å². The highest BCUT2D eigenvalue weighted by atomic mass is 16.6. The molecule has 0 radical (unpaired) electrons. The van der Waals surface area contributed by atoms with Crippen molar-refractivity contribution < 1.29 is 14.1 Å². The average molecular weight is 272 g/mol. The van der Waals surface area contributed by atoms with Crippen LogP contribution in [-0.4, -0.2) is 10.8 Å². The van der Waals surface area contributed by atoms with E-state index >= 15 is 0 Å². The first-order valence-electron chi connectivity index (χ1n) is 5.84. The number of anilines is 1. The van der Waals surface area contributed by atoms with Crippen LogP contribution in [0.15, 0.2) is 59.5 Å². The summed E-state index contributed by atoms with van der Waals surface area (Å²) in [7, 11) is 0. The number of nitrogens with zero attached hydrogens (tertiary/aromatic N) is 2. The maximum Gasteiger partial charge on any atom is 0.433 e. The van der Waals surface area contributed by atoms with E-state index in [9.17, 15) is 14.9 Å². The smallest absolute Gasteiger partial charge is 0.404 e.